The molecule has 2 N–H and O–H groups in total. The molecule has 25 heavy (non-hydrogen) atoms. The molecule has 0 bridgehead atoms. The van der Waals surface area contributed by atoms with Crippen molar-refractivity contribution in [3.8, 4) is 11.3 Å². The number of hydrogen-bond donors (Lipinski definition) is 1. The van der Waals surface area contributed by atoms with Crippen molar-refractivity contribution in [1.82, 2.24) is 4.90 Å². The minimum absolute atomic E-state index is 0. The fourth-order valence-electron chi connectivity index (χ4n) is 3.00. The molecule has 5 nitrogen and oxygen atoms in total. The maximum Gasteiger partial charge on any atom is 0.289 e. The van der Waals surface area contributed by atoms with Crippen molar-refractivity contribution in [2.24, 2.45) is 11.1 Å². The first-order chi connectivity index (χ1) is 11.4. The number of likely N-dealkylation sites (tertiary alicyclic amines) is 1. The van der Waals surface area contributed by atoms with Gasteiger partial charge in [-0.3, -0.25) is 9.59 Å². The summed E-state index contributed by atoms with van der Waals surface area (Å²) in [6.45, 7) is 5.57. The second-order valence-electron chi connectivity index (χ2n) is 6.79. The van der Waals surface area contributed by atoms with E-state index in [0.717, 1.165) is 12.0 Å². The minimum Gasteiger partial charge on any atom is -0.451 e. The number of Topliss-reactive ketones (excluding diaryl/α,β-unsaturated/α-hetero) is 1. The first-order valence-electron chi connectivity index (χ1n) is 8.12. The number of benzene rings is 1. The normalized spacial score (nSPS) is 19.6. The Balaban J connectivity index is 0.00000225. The van der Waals surface area contributed by atoms with Crippen molar-refractivity contribution < 1.29 is 14.0 Å². The van der Waals surface area contributed by atoms with Crippen LogP contribution in [0.3, 0.4) is 0 Å². The van der Waals surface area contributed by atoms with Crippen LogP contribution in [0.2, 0.25) is 0 Å². The van der Waals surface area contributed by atoms with Crippen LogP contribution in [-0.4, -0.2) is 36.2 Å². The van der Waals surface area contributed by atoms with Gasteiger partial charge in [-0.15, -0.1) is 12.4 Å². The molecule has 1 atom stereocenters. The average molecular weight is 363 g/mol. The molecule has 2 heterocycles. The topological polar surface area (TPSA) is 76.5 Å². The van der Waals surface area contributed by atoms with Gasteiger partial charge in [-0.2, -0.15) is 0 Å². The standard InChI is InChI=1S/C19H22N2O3.ClH/c1-13(22)14-3-5-15(6-4-14)16-7-8-17(24-16)18(23)21-10-9-19(2,11-20)12-21;/h3-8H,9-12,20H2,1-2H3;1H. The Labute approximate surface area is 153 Å². The summed E-state index contributed by atoms with van der Waals surface area (Å²) in [5.74, 6) is 0.879. The summed E-state index contributed by atoms with van der Waals surface area (Å²) in [5.41, 5.74) is 7.28. The van der Waals surface area contributed by atoms with Gasteiger partial charge in [-0.1, -0.05) is 31.2 Å². The molecule has 6 heteroatoms. The third kappa shape index (κ3) is 3.94. The van der Waals surface area contributed by atoms with E-state index in [1.165, 1.54) is 6.92 Å². The number of carbonyl (C=O) groups excluding carboxylic acids is 2. The van der Waals surface area contributed by atoms with Crippen molar-refractivity contribution in [1.29, 1.82) is 0 Å². The summed E-state index contributed by atoms with van der Waals surface area (Å²) in [7, 11) is 0. The Bertz CT molecular complexity index is 769. The zero-order valence-corrected chi connectivity index (χ0v) is 15.3. The fraction of sp³-hybridized carbons (Fsp3) is 0.368. The number of halogens is 1. The molecule has 0 radical (unpaired) electrons. The number of nitrogens with two attached hydrogens (primary N) is 1. The predicted octanol–water partition coefficient (Wildman–Crippen LogP) is 3.38. The van der Waals surface area contributed by atoms with Crippen LogP contribution in [0.15, 0.2) is 40.8 Å². The highest BCUT2D eigenvalue weighted by Crippen LogP contribution is 2.30. The van der Waals surface area contributed by atoms with Gasteiger partial charge in [0.2, 0.25) is 0 Å². The zero-order chi connectivity index (χ0) is 17.3. The summed E-state index contributed by atoms with van der Waals surface area (Å²) < 4.78 is 5.74. The molecule has 0 aliphatic carbocycles. The van der Waals surface area contributed by atoms with Crippen molar-refractivity contribution in [2.75, 3.05) is 19.6 Å². The molecule has 1 saturated heterocycles. The fourth-order valence-corrected chi connectivity index (χ4v) is 3.00. The quantitative estimate of drug-likeness (QED) is 0.846. The predicted molar refractivity (Wildman–Crippen MR) is 99.1 cm³/mol. The summed E-state index contributed by atoms with van der Waals surface area (Å²) in [6.07, 6.45) is 0.912. The van der Waals surface area contributed by atoms with Gasteiger partial charge in [0.05, 0.1) is 0 Å². The first-order valence-corrected chi connectivity index (χ1v) is 8.12. The van der Waals surface area contributed by atoms with Gasteiger partial charge in [-0.25, -0.2) is 0 Å². The van der Waals surface area contributed by atoms with Gasteiger partial charge in [0.1, 0.15) is 5.76 Å². The monoisotopic (exact) mass is 362 g/mol. The molecule has 1 unspecified atom stereocenters. The summed E-state index contributed by atoms with van der Waals surface area (Å²) in [4.78, 5) is 25.7. The van der Waals surface area contributed by atoms with Gasteiger partial charge in [0.25, 0.3) is 5.91 Å². The average Bonchev–Trinajstić information content (AvgIpc) is 3.22. The number of hydrogen-bond acceptors (Lipinski definition) is 4. The Morgan fingerprint density at radius 1 is 1.20 bits per heavy atom. The molecule has 0 saturated carbocycles. The third-order valence-corrected chi connectivity index (χ3v) is 4.73. The van der Waals surface area contributed by atoms with E-state index in [9.17, 15) is 9.59 Å². The van der Waals surface area contributed by atoms with Crippen LogP contribution in [0.1, 0.15) is 41.2 Å². The molecule has 1 aliphatic heterocycles. The third-order valence-electron chi connectivity index (χ3n) is 4.73. The maximum absolute atomic E-state index is 12.6. The molecule has 134 valence electrons. The van der Waals surface area contributed by atoms with E-state index >= 15 is 0 Å². The molecule has 1 aliphatic rings. The van der Waals surface area contributed by atoms with Crippen LogP contribution in [0.4, 0.5) is 0 Å². The molecule has 1 amide bonds. The maximum atomic E-state index is 12.6. The molecular weight excluding hydrogens is 340 g/mol. The number of carbonyl (C=O) groups is 2. The summed E-state index contributed by atoms with van der Waals surface area (Å²) >= 11 is 0. The van der Waals surface area contributed by atoms with Gasteiger partial charge >= 0.3 is 0 Å². The Hall–Kier alpha value is -2.11. The highest BCUT2D eigenvalue weighted by Gasteiger charge is 2.36. The van der Waals surface area contributed by atoms with Gasteiger partial charge < -0.3 is 15.1 Å². The summed E-state index contributed by atoms with van der Waals surface area (Å²) in [6, 6.07) is 10.7. The second-order valence-corrected chi connectivity index (χ2v) is 6.79. The number of furan rings is 1. The molecule has 1 aromatic carbocycles. The van der Waals surface area contributed by atoms with E-state index in [-0.39, 0.29) is 29.5 Å². The number of rotatable bonds is 4. The largest absolute Gasteiger partial charge is 0.451 e. The highest BCUT2D eigenvalue weighted by molar-refractivity contribution is 5.94. The minimum atomic E-state index is -0.0984. The van der Waals surface area contributed by atoms with E-state index in [1.807, 2.05) is 12.1 Å². The smallest absolute Gasteiger partial charge is 0.289 e. The van der Waals surface area contributed by atoms with Crippen LogP contribution in [0.5, 0.6) is 0 Å². The molecule has 1 fully saturated rings. The van der Waals surface area contributed by atoms with Gasteiger partial charge in [0.15, 0.2) is 11.5 Å². The molecule has 0 spiro atoms. The van der Waals surface area contributed by atoms with Crippen molar-refractivity contribution >= 4 is 24.1 Å². The van der Waals surface area contributed by atoms with Crippen LogP contribution in [0, 0.1) is 5.41 Å². The van der Waals surface area contributed by atoms with Crippen LogP contribution >= 0.6 is 12.4 Å². The number of amides is 1. The SMILES string of the molecule is CC(=O)c1ccc(-c2ccc(C(=O)N3CCC(C)(CN)C3)o2)cc1.Cl. The number of nitrogens with zero attached hydrogens (tertiary/aromatic N) is 1. The van der Waals surface area contributed by atoms with Crippen LogP contribution in [-0.2, 0) is 0 Å². The lowest BCUT2D eigenvalue weighted by atomic mass is 9.90. The lowest BCUT2D eigenvalue weighted by Crippen LogP contribution is -2.34. The van der Waals surface area contributed by atoms with Crippen molar-refractivity contribution in [2.45, 2.75) is 20.3 Å². The lowest BCUT2D eigenvalue weighted by Gasteiger charge is -2.21. The van der Waals surface area contributed by atoms with Gasteiger partial charge in [0, 0.05) is 24.2 Å². The van der Waals surface area contributed by atoms with E-state index in [1.54, 1.807) is 29.2 Å². The van der Waals surface area contributed by atoms with Gasteiger partial charge in [-0.05, 0) is 37.4 Å². The highest BCUT2D eigenvalue weighted by atomic mass is 35.5. The lowest BCUT2D eigenvalue weighted by molar-refractivity contribution is 0.0746. The first kappa shape index (κ1) is 19.2. The molecule has 3 rings (SSSR count). The summed E-state index contributed by atoms with van der Waals surface area (Å²) in [5, 5.41) is 0. The van der Waals surface area contributed by atoms with Crippen LogP contribution < -0.4 is 5.73 Å². The molecule has 1 aromatic heterocycles. The van der Waals surface area contributed by atoms with E-state index < -0.39 is 0 Å². The van der Waals surface area contributed by atoms with Crippen molar-refractivity contribution in [3.63, 3.8) is 0 Å². The Kier molecular flexibility index (Phi) is 5.70. The molecule has 2 aromatic rings. The number of ketones is 1. The van der Waals surface area contributed by atoms with Crippen molar-refractivity contribution in [3.05, 3.63) is 47.7 Å². The van der Waals surface area contributed by atoms with E-state index in [2.05, 4.69) is 6.92 Å². The molecular formula is C19H23ClN2O3. The van der Waals surface area contributed by atoms with E-state index in [4.69, 9.17) is 10.2 Å². The Morgan fingerprint density at radius 2 is 1.88 bits per heavy atom. The second kappa shape index (κ2) is 7.42. The zero-order valence-electron chi connectivity index (χ0n) is 14.5. The van der Waals surface area contributed by atoms with E-state index in [0.29, 0.717) is 36.7 Å². The van der Waals surface area contributed by atoms with Crippen LogP contribution in [0.25, 0.3) is 11.3 Å². The Morgan fingerprint density at radius 3 is 2.44 bits per heavy atom.